The second-order valence-corrected chi connectivity index (χ2v) is 9.31. The minimum atomic E-state index is -1.44. The van der Waals surface area contributed by atoms with Gasteiger partial charge < -0.3 is 9.67 Å². The molecule has 0 saturated heterocycles. The van der Waals surface area contributed by atoms with Crippen LogP contribution in [0, 0.1) is 0 Å². The van der Waals surface area contributed by atoms with Gasteiger partial charge >= 0.3 is 5.97 Å². The van der Waals surface area contributed by atoms with Gasteiger partial charge in [-0.3, -0.25) is 0 Å². The Morgan fingerprint density at radius 3 is 2.13 bits per heavy atom. The van der Waals surface area contributed by atoms with E-state index in [4.69, 9.17) is 5.11 Å². The molecule has 0 aliphatic heterocycles. The molecule has 0 saturated carbocycles. The van der Waals surface area contributed by atoms with Gasteiger partial charge in [0, 0.05) is 0 Å². The van der Waals surface area contributed by atoms with Gasteiger partial charge in [0.25, 0.3) is 0 Å². The topological polar surface area (TPSA) is 66.3 Å². The highest BCUT2D eigenvalue weighted by atomic mass is 28.3. The summed E-state index contributed by atoms with van der Waals surface area (Å²) < 4.78 is 2.12. The lowest BCUT2D eigenvalue weighted by Crippen LogP contribution is -2.43. The zero-order valence-corrected chi connectivity index (χ0v) is 10.4. The molecular formula is C9H15N3O2Si. The molecule has 1 rings (SSSR count). The molecule has 15 heavy (non-hydrogen) atoms. The summed E-state index contributed by atoms with van der Waals surface area (Å²) in [6.45, 7) is 6.58. The van der Waals surface area contributed by atoms with Crippen molar-refractivity contribution in [2.45, 2.75) is 19.6 Å². The number of rotatable bonds is 3. The number of anilines is 1. The Kier molecular flexibility index (Phi) is 3.08. The van der Waals surface area contributed by atoms with E-state index in [-0.39, 0.29) is 5.82 Å². The number of nitrogens with zero attached hydrogens (tertiary/aromatic N) is 3. The van der Waals surface area contributed by atoms with Gasteiger partial charge in [-0.25, -0.2) is 14.8 Å². The molecule has 82 valence electrons. The molecule has 1 heterocycles. The summed E-state index contributed by atoms with van der Waals surface area (Å²) in [6.07, 6.45) is 3.10. The van der Waals surface area contributed by atoms with Crippen molar-refractivity contribution in [1.29, 1.82) is 0 Å². The number of carbonyl (C=O) groups is 1. The number of hydrogen-bond acceptors (Lipinski definition) is 4. The van der Waals surface area contributed by atoms with E-state index < -0.39 is 14.2 Å². The fourth-order valence-electron chi connectivity index (χ4n) is 0.992. The van der Waals surface area contributed by atoms with Crippen molar-refractivity contribution in [2.75, 3.05) is 11.6 Å². The lowest BCUT2D eigenvalue weighted by atomic mass is 10.5. The maximum Gasteiger partial charge on any atom is 0.373 e. The van der Waals surface area contributed by atoms with Gasteiger partial charge in [0.1, 0.15) is 8.24 Å². The summed E-state index contributed by atoms with van der Waals surface area (Å²) >= 11 is 0. The van der Waals surface area contributed by atoms with Crippen molar-refractivity contribution in [3.63, 3.8) is 0 Å². The zero-order chi connectivity index (χ0) is 11.6. The van der Waals surface area contributed by atoms with E-state index in [2.05, 4.69) is 34.2 Å². The summed E-state index contributed by atoms with van der Waals surface area (Å²) in [6, 6.07) is 0. The predicted octanol–water partition coefficient (Wildman–Crippen LogP) is 1.45. The van der Waals surface area contributed by atoms with Crippen LogP contribution in [0.4, 0.5) is 5.69 Å². The number of carboxylic acid groups (broad SMARTS) is 1. The maximum absolute atomic E-state index is 10.5. The van der Waals surface area contributed by atoms with E-state index in [0.29, 0.717) is 0 Å². The zero-order valence-electron chi connectivity index (χ0n) is 9.35. The average Bonchev–Trinajstić information content (AvgIpc) is 2.15. The van der Waals surface area contributed by atoms with Gasteiger partial charge in [-0.2, -0.15) is 0 Å². The first kappa shape index (κ1) is 11.6. The van der Waals surface area contributed by atoms with Crippen LogP contribution in [0.25, 0.3) is 0 Å². The van der Waals surface area contributed by atoms with Crippen LogP contribution in [-0.2, 0) is 0 Å². The maximum atomic E-state index is 10.5. The van der Waals surface area contributed by atoms with Crippen LogP contribution in [0.2, 0.25) is 19.6 Å². The molecule has 5 nitrogen and oxygen atoms in total. The Hall–Kier alpha value is -1.43. The Bertz CT molecular complexity index is 359. The Balaban J connectivity index is 2.94. The lowest BCUT2D eigenvalue weighted by Gasteiger charge is -2.31. The second-order valence-electron chi connectivity index (χ2n) is 4.30. The van der Waals surface area contributed by atoms with Crippen molar-refractivity contribution >= 4 is 19.9 Å². The van der Waals surface area contributed by atoms with Gasteiger partial charge in [0.15, 0.2) is 0 Å². The van der Waals surface area contributed by atoms with Crippen LogP contribution in [0.15, 0.2) is 12.4 Å². The van der Waals surface area contributed by atoms with Crippen molar-refractivity contribution in [3.05, 3.63) is 18.2 Å². The molecular weight excluding hydrogens is 210 g/mol. The van der Waals surface area contributed by atoms with Crippen LogP contribution < -0.4 is 4.57 Å². The number of aromatic nitrogens is 2. The normalized spacial score (nSPS) is 11.2. The molecule has 0 aliphatic rings. The number of hydrogen-bond donors (Lipinski definition) is 1. The largest absolute Gasteiger partial charge is 0.475 e. The smallest absolute Gasteiger partial charge is 0.373 e. The first-order valence-corrected chi connectivity index (χ1v) is 8.06. The van der Waals surface area contributed by atoms with E-state index in [1.807, 2.05) is 7.05 Å². The summed E-state index contributed by atoms with van der Waals surface area (Å²) in [5.74, 6) is -1.26. The summed E-state index contributed by atoms with van der Waals surface area (Å²) in [7, 11) is 0.537. The molecule has 0 unspecified atom stereocenters. The third-order valence-electron chi connectivity index (χ3n) is 2.22. The van der Waals surface area contributed by atoms with Gasteiger partial charge in [0.05, 0.1) is 18.1 Å². The minimum Gasteiger partial charge on any atom is -0.475 e. The second kappa shape index (κ2) is 3.97. The third kappa shape index (κ3) is 2.76. The minimum absolute atomic E-state index is 0.164. The van der Waals surface area contributed by atoms with Crippen LogP contribution in [-0.4, -0.2) is 36.3 Å². The molecule has 0 radical (unpaired) electrons. The summed E-state index contributed by atoms with van der Waals surface area (Å²) in [5.41, 5.74) is 0.860. The molecule has 0 spiro atoms. The Morgan fingerprint density at radius 1 is 1.33 bits per heavy atom. The third-order valence-corrected chi connectivity index (χ3v) is 4.49. The molecule has 0 aliphatic carbocycles. The standard InChI is InChI=1S/C9H15N3O2Si/c1-12(15(2,3)4)7-5-10-8(9(13)14)11-6-7/h5-6H,1-4H3,(H,13,14). The highest BCUT2D eigenvalue weighted by Crippen LogP contribution is 2.17. The van der Waals surface area contributed by atoms with E-state index in [1.165, 1.54) is 0 Å². The first-order valence-electron chi connectivity index (χ1n) is 4.61. The van der Waals surface area contributed by atoms with E-state index in [9.17, 15) is 4.79 Å². The lowest BCUT2D eigenvalue weighted by molar-refractivity contribution is 0.0683. The quantitative estimate of drug-likeness (QED) is 0.789. The monoisotopic (exact) mass is 225 g/mol. The van der Waals surface area contributed by atoms with Crippen molar-refractivity contribution in [3.8, 4) is 0 Å². The molecule has 0 aromatic carbocycles. The van der Waals surface area contributed by atoms with Crippen LogP contribution in [0.3, 0.4) is 0 Å². The Labute approximate surface area is 89.9 Å². The van der Waals surface area contributed by atoms with E-state index in [1.54, 1.807) is 12.4 Å². The number of carboxylic acids is 1. The van der Waals surface area contributed by atoms with Gasteiger partial charge in [0.2, 0.25) is 5.82 Å². The van der Waals surface area contributed by atoms with E-state index in [0.717, 1.165) is 5.69 Å². The predicted molar refractivity (Wildman–Crippen MR) is 60.7 cm³/mol. The van der Waals surface area contributed by atoms with Crippen LogP contribution in [0.1, 0.15) is 10.6 Å². The molecule has 0 atom stereocenters. The molecule has 6 heteroatoms. The Morgan fingerprint density at radius 2 is 1.80 bits per heavy atom. The van der Waals surface area contributed by atoms with Crippen molar-refractivity contribution in [2.24, 2.45) is 0 Å². The molecule has 1 aromatic rings. The van der Waals surface area contributed by atoms with Gasteiger partial charge in [-0.15, -0.1) is 0 Å². The summed E-state index contributed by atoms with van der Waals surface area (Å²) in [5, 5.41) is 8.64. The van der Waals surface area contributed by atoms with Crippen molar-refractivity contribution < 1.29 is 9.90 Å². The molecule has 0 fully saturated rings. The summed E-state index contributed by atoms with van der Waals surface area (Å²) in [4.78, 5) is 18.1. The fraction of sp³-hybridized carbons (Fsp3) is 0.444. The number of aromatic carboxylic acids is 1. The van der Waals surface area contributed by atoms with Gasteiger partial charge in [-0.1, -0.05) is 19.6 Å². The fourth-order valence-corrected chi connectivity index (χ4v) is 1.88. The van der Waals surface area contributed by atoms with E-state index >= 15 is 0 Å². The molecule has 0 bridgehead atoms. The highest BCUT2D eigenvalue weighted by Gasteiger charge is 2.21. The van der Waals surface area contributed by atoms with Crippen molar-refractivity contribution in [1.82, 2.24) is 9.97 Å². The van der Waals surface area contributed by atoms with Gasteiger partial charge in [-0.05, 0) is 7.05 Å². The van der Waals surface area contributed by atoms with Crippen LogP contribution >= 0.6 is 0 Å². The molecule has 1 N–H and O–H groups in total. The first-order chi connectivity index (χ1) is 6.82. The average molecular weight is 225 g/mol. The molecule has 0 amide bonds. The SMILES string of the molecule is CN(c1cnc(C(=O)O)nc1)[Si](C)(C)C. The highest BCUT2D eigenvalue weighted by molar-refractivity contribution is 6.79. The molecule has 1 aromatic heterocycles. The van der Waals surface area contributed by atoms with Crippen LogP contribution in [0.5, 0.6) is 0 Å².